The van der Waals surface area contributed by atoms with Crippen LogP contribution in [-0.4, -0.2) is 56.3 Å². The molecule has 0 spiro atoms. The molecule has 0 aliphatic carbocycles. The highest BCUT2D eigenvalue weighted by Gasteiger charge is 2.45. The predicted octanol–water partition coefficient (Wildman–Crippen LogP) is 2.73. The summed E-state index contributed by atoms with van der Waals surface area (Å²) < 4.78 is 46.0. The molecule has 0 saturated carbocycles. The van der Waals surface area contributed by atoms with E-state index in [1.807, 2.05) is 35.2 Å². The van der Waals surface area contributed by atoms with Gasteiger partial charge in [0.25, 0.3) is 5.91 Å². The van der Waals surface area contributed by atoms with E-state index < -0.39 is 16.1 Å². The number of ether oxygens (including phenoxy) is 1. The molecular weight excluding hydrogens is 419 g/mol. The van der Waals surface area contributed by atoms with E-state index in [0.29, 0.717) is 25.9 Å². The van der Waals surface area contributed by atoms with Crippen LogP contribution in [0.15, 0.2) is 48.5 Å². The van der Waals surface area contributed by atoms with Gasteiger partial charge >= 0.3 is 0 Å². The summed E-state index contributed by atoms with van der Waals surface area (Å²) >= 11 is 0. The molecule has 2 aromatic carbocycles. The lowest BCUT2D eigenvalue weighted by Crippen LogP contribution is -2.66. The smallest absolute Gasteiger partial charge is 0.252 e. The zero-order chi connectivity index (χ0) is 22.2. The number of nitrogens with one attached hydrogen (secondary N) is 1. The molecule has 2 saturated heterocycles. The fourth-order valence-electron chi connectivity index (χ4n) is 4.65. The third-order valence-electron chi connectivity index (χ3n) is 6.06. The average molecular weight is 447 g/mol. The number of halogens is 1. The van der Waals surface area contributed by atoms with Crippen LogP contribution < -0.4 is 4.72 Å². The van der Waals surface area contributed by atoms with Crippen molar-refractivity contribution in [2.45, 2.75) is 50.4 Å². The van der Waals surface area contributed by atoms with Crippen LogP contribution in [0.25, 0.3) is 11.1 Å². The van der Waals surface area contributed by atoms with E-state index in [-0.39, 0.29) is 29.8 Å². The lowest BCUT2D eigenvalue weighted by atomic mass is 9.86. The summed E-state index contributed by atoms with van der Waals surface area (Å²) in [5.74, 6) is -0.411. The first kappa shape index (κ1) is 21.9. The van der Waals surface area contributed by atoms with Gasteiger partial charge in [0.2, 0.25) is 10.0 Å². The van der Waals surface area contributed by atoms with Gasteiger partial charge in [-0.25, -0.2) is 17.5 Å². The largest absolute Gasteiger partial charge is 0.367 e. The molecule has 2 fully saturated rings. The van der Waals surface area contributed by atoms with Gasteiger partial charge < -0.3 is 9.64 Å². The third kappa shape index (κ3) is 4.97. The summed E-state index contributed by atoms with van der Waals surface area (Å²) in [5, 5.41) is 0. The van der Waals surface area contributed by atoms with Gasteiger partial charge in [-0.3, -0.25) is 4.79 Å². The first-order valence-electron chi connectivity index (χ1n) is 10.5. The van der Waals surface area contributed by atoms with Crippen LogP contribution >= 0.6 is 0 Å². The summed E-state index contributed by atoms with van der Waals surface area (Å²) in [7, 11) is -3.43. The number of sulfonamides is 1. The number of rotatable bonds is 5. The maximum absolute atomic E-state index is 13.7. The number of hydrogen-bond acceptors (Lipinski definition) is 4. The van der Waals surface area contributed by atoms with E-state index in [1.165, 1.54) is 12.1 Å². The zero-order valence-corrected chi connectivity index (χ0v) is 18.4. The van der Waals surface area contributed by atoms with Crippen LogP contribution in [0.2, 0.25) is 0 Å². The van der Waals surface area contributed by atoms with Gasteiger partial charge in [-0.15, -0.1) is 0 Å². The fourth-order valence-corrected chi connectivity index (χ4v) is 5.48. The van der Waals surface area contributed by atoms with Crippen molar-refractivity contribution in [3.63, 3.8) is 0 Å². The molecule has 0 bridgehead atoms. The van der Waals surface area contributed by atoms with Gasteiger partial charge in [0.1, 0.15) is 11.9 Å². The lowest BCUT2D eigenvalue weighted by Gasteiger charge is -2.49. The van der Waals surface area contributed by atoms with E-state index in [0.717, 1.165) is 22.9 Å². The van der Waals surface area contributed by atoms with Crippen LogP contribution in [-0.2, 0) is 26.0 Å². The number of piperidine rings is 1. The Labute approximate surface area is 182 Å². The molecule has 1 amide bonds. The molecule has 0 unspecified atom stereocenters. The number of nitrogens with zero attached hydrogens (tertiary/aromatic N) is 1. The van der Waals surface area contributed by atoms with Crippen molar-refractivity contribution in [1.29, 1.82) is 0 Å². The van der Waals surface area contributed by atoms with E-state index in [9.17, 15) is 17.6 Å². The molecule has 1 N–H and O–H groups in total. The normalized spacial score (nSPS) is 26.5. The van der Waals surface area contributed by atoms with Crippen molar-refractivity contribution in [3.05, 3.63) is 59.9 Å². The first-order valence-corrected chi connectivity index (χ1v) is 12.4. The monoisotopic (exact) mass is 446 g/mol. The molecule has 166 valence electrons. The third-order valence-corrected chi connectivity index (χ3v) is 6.79. The zero-order valence-electron chi connectivity index (χ0n) is 17.6. The quantitative estimate of drug-likeness (QED) is 0.766. The molecule has 0 aromatic heterocycles. The molecule has 2 aliphatic rings. The second kappa shape index (κ2) is 8.68. The maximum atomic E-state index is 13.7. The SMILES string of the molecule is C[C@H]1OC[C@H]2CC[C@H](NS(C)(=O)=O)[C@H](Cc3cccc(-c4cccc(F)c4)c3)N2C1=O. The Morgan fingerprint density at radius 1 is 1.13 bits per heavy atom. The molecule has 6 nitrogen and oxygen atoms in total. The minimum absolute atomic E-state index is 0.0577. The Kier molecular flexibility index (Phi) is 6.14. The number of carbonyl (C=O) groups excluding carboxylic acids is 1. The Morgan fingerprint density at radius 2 is 1.84 bits per heavy atom. The summed E-state index contributed by atoms with van der Waals surface area (Å²) in [5.41, 5.74) is 2.60. The van der Waals surface area contributed by atoms with Crippen LogP contribution in [0.3, 0.4) is 0 Å². The highest BCUT2D eigenvalue weighted by molar-refractivity contribution is 7.88. The Bertz CT molecular complexity index is 1070. The van der Waals surface area contributed by atoms with Crippen molar-refractivity contribution in [2.24, 2.45) is 0 Å². The Balaban J connectivity index is 1.66. The molecular formula is C23H27FN2O4S. The summed E-state index contributed by atoms with van der Waals surface area (Å²) in [6, 6.07) is 13.4. The van der Waals surface area contributed by atoms with Gasteiger partial charge in [0, 0.05) is 6.04 Å². The minimum Gasteiger partial charge on any atom is -0.367 e. The van der Waals surface area contributed by atoms with E-state index in [4.69, 9.17) is 4.74 Å². The van der Waals surface area contributed by atoms with Gasteiger partial charge in [-0.05, 0) is 55.0 Å². The highest BCUT2D eigenvalue weighted by atomic mass is 32.2. The van der Waals surface area contributed by atoms with Crippen molar-refractivity contribution in [1.82, 2.24) is 9.62 Å². The number of amides is 1. The fraction of sp³-hybridized carbons (Fsp3) is 0.435. The number of hydrogen-bond donors (Lipinski definition) is 1. The van der Waals surface area contributed by atoms with Gasteiger partial charge in [-0.2, -0.15) is 0 Å². The molecule has 2 heterocycles. The molecule has 8 heteroatoms. The van der Waals surface area contributed by atoms with Gasteiger partial charge in [0.15, 0.2) is 0 Å². The molecule has 0 radical (unpaired) electrons. The van der Waals surface area contributed by atoms with Crippen molar-refractivity contribution < 1.29 is 22.3 Å². The van der Waals surface area contributed by atoms with Crippen LogP contribution in [0.4, 0.5) is 4.39 Å². The second-order valence-corrected chi connectivity index (χ2v) is 10.2. The Hall–Kier alpha value is -2.29. The van der Waals surface area contributed by atoms with Crippen molar-refractivity contribution >= 4 is 15.9 Å². The molecule has 4 rings (SSSR count). The maximum Gasteiger partial charge on any atom is 0.252 e. The summed E-state index contributed by atoms with van der Waals surface area (Å²) in [6.45, 7) is 2.19. The molecule has 4 atom stereocenters. The van der Waals surface area contributed by atoms with Crippen LogP contribution in [0.1, 0.15) is 25.3 Å². The van der Waals surface area contributed by atoms with Crippen molar-refractivity contribution in [2.75, 3.05) is 12.9 Å². The van der Waals surface area contributed by atoms with E-state index >= 15 is 0 Å². The average Bonchev–Trinajstić information content (AvgIpc) is 2.71. The van der Waals surface area contributed by atoms with Gasteiger partial charge in [-0.1, -0.05) is 36.4 Å². The topological polar surface area (TPSA) is 75.7 Å². The van der Waals surface area contributed by atoms with E-state index in [1.54, 1.807) is 13.0 Å². The van der Waals surface area contributed by atoms with E-state index in [2.05, 4.69) is 4.72 Å². The Morgan fingerprint density at radius 3 is 2.55 bits per heavy atom. The molecule has 31 heavy (non-hydrogen) atoms. The predicted molar refractivity (Wildman–Crippen MR) is 116 cm³/mol. The molecule has 2 aromatic rings. The molecule has 2 aliphatic heterocycles. The van der Waals surface area contributed by atoms with Crippen LogP contribution in [0, 0.1) is 5.82 Å². The number of morpholine rings is 1. The lowest BCUT2D eigenvalue weighted by molar-refractivity contribution is -0.166. The number of carbonyl (C=O) groups is 1. The highest BCUT2D eigenvalue weighted by Crippen LogP contribution is 2.31. The number of fused-ring (bicyclic) bond motifs is 1. The summed E-state index contributed by atoms with van der Waals surface area (Å²) in [4.78, 5) is 14.8. The van der Waals surface area contributed by atoms with Gasteiger partial charge in [0.05, 0.1) is 24.9 Å². The second-order valence-electron chi connectivity index (χ2n) is 8.43. The minimum atomic E-state index is -3.43. The van der Waals surface area contributed by atoms with Crippen LogP contribution in [0.5, 0.6) is 0 Å². The first-order chi connectivity index (χ1) is 14.7. The number of benzene rings is 2. The summed E-state index contributed by atoms with van der Waals surface area (Å²) in [6.07, 6.45) is 2.41. The standard InChI is InChI=1S/C23H27FN2O4S/c1-15-23(27)26-20(14-30-15)9-10-21(25-31(2,28)29)22(26)12-16-5-3-6-17(11-16)18-7-4-8-19(24)13-18/h3-8,11,13,15,20-22,25H,9-10,12,14H2,1-2H3/t15-,20-,21+,22+/m1/s1. The van der Waals surface area contributed by atoms with Crippen molar-refractivity contribution in [3.8, 4) is 11.1 Å².